The molecular weight excluding hydrogens is 388 g/mol. The van der Waals surface area contributed by atoms with Crippen LogP contribution >= 0.6 is 0 Å². The van der Waals surface area contributed by atoms with Gasteiger partial charge in [0.1, 0.15) is 41.1 Å². The first-order chi connectivity index (χ1) is 13.8. The van der Waals surface area contributed by atoms with Gasteiger partial charge in [-0.15, -0.1) is 0 Å². The minimum absolute atomic E-state index is 0.0161. The van der Waals surface area contributed by atoms with E-state index in [9.17, 15) is 35.4 Å². The molecule has 6 N–H and O–H groups in total. The number of aliphatic hydroxyl groups excluding tert-OH is 4. The molecule has 29 heavy (non-hydrogen) atoms. The SMILES string of the molecule is O=c1c2ccc(OC3OC(CO)C(O)C(O)C3O)c(O)c2oc2cccc(O)c12. The summed E-state index contributed by atoms with van der Waals surface area (Å²) < 4.78 is 16.2. The van der Waals surface area contributed by atoms with E-state index in [2.05, 4.69) is 0 Å². The molecular formula is C19H18O10. The fourth-order valence-electron chi connectivity index (χ4n) is 3.30. The molecule has 5 unspecified atom stereocenters. The monoisotopic (exact) mass is 406 g/mol. The highest BCUT2D eigenvalue weighted by atomic mass is 16.7. The van der Waals surface area contributed by atoms with Gasteiger partial charge in [0.25, 0.3) is 0 Å². The van der Waals surface area contributed by atoms with Crippen molar-refractivity contribution in [3.05, 3.63) is 40.6 Å². The van der Waals surface area contributed by atoms with Crippen molar-refractivity contribution in [2.45, 2.75) is 30.7 Å². The van der Waals surface area contributed by atoms with Crippen LogP contribution in [-0.4, -0.2) is 68.0 Å². The van der Waals surface area contributed by atoms with Gasteiger partial charge in [0.05, 0.1) is 12.0 Å². The van der Waals surface area contributed by atoms with Crippen LogP contribution in [0.4, 0.5) is 0 Å². The number of hydrogen-bond acceptors (Lipinski definition) is 10. The second kappa shape index (κ2) is 7.17. The van der Waals surface area contributed by atoms with Gasteiger partial charge in [0, 0.05) is 0 Å². The molecule has 154 valence electrons. The maximum atomic E-state index is 12.7. The predicted octanol–water partition coefficient (Wildman–Crippen LogP) is -0.464. The largest absolute Gasteiger partial charge is 0.507 e. The second-order valence-corrected chi connectivity index (χ2v) is 6.69. The summed E-state index contributed by atoms with van der Waals surface area (Å²) in [6.45, 7) is -0.640. The number of fused-ring (bicyclic) bond motifs is 2. The maximum absolute atomic E-state index is 12.7. The van der Waals surface area contributed by atoms with E-state index in [4.69, 9.17) is 13.9 Å². The topological polar surface area (TPSA) is 170 Å². The van der Waals surface area contributed by atoms with Crippen molar-refractivity contribution in [2.24, 2.45) is 0 Å². The number of phenols is 2. The Hall–Kier alpha value is -2.89. The van der Waals surface area contributed by atoms with Gasteiger partial charge in [-0.25, -0.2) is 0 Å². The van der Waals surface area contributed by atoms with Crippen LogP contribution in [0.5, 0.6) is 17.2 Å². The molecule has 0 saturated carbocycles. The zero-order chi connectivity index (χ0) is 20.9. The molecule has 1 fully saturated rings. The van der Waals surface area contributed by atoms with Crippen LogP contribution in [-0.2, 0) is 4.74 Å². The van der Waals surface area contributed by atoms with Crippen LogP contribution < -0.4 is 10.2 Å². The van der Waals surface area contributed by atoms with Crippen molar-refractivity contribution >= 4 is 21.9 Å². The van der Waals surface area contributed by atoms with E-state index in [1.165, 1.54) is 30.3 Å². The summed E-state index contributed by atoms with van der Waals surface area (Å²) in [6.07, 6.45) is -7.60. The van der Waals surface area contributed by atoms with Crippen LogP contribution in [0.1, 0.15) is 0 Å². The summed E-state index contributed by atoms with van der Waals surface area (Å²) in [4.78, 5) is 12.7. The minimum Gasteiger partial charge on any atom is -0.507 e. The number of ether oxygens (including phenoxy) is 2. The first-order valence-electron chi connectivity index (χ1n) is 8.71. The van der Waals surface area contributed by atoms with E-state index >= 15 is 0 Å². The molecule has 5 atom stereocenters. The van der Waals surface area contributed by atoms with E-state index in [1.54, 1.807) is 0 Å². The van der Waals surface area contributed by atoms with Crippen LogP contribution in [0.2, 0.25) is 0 Å². The maximum Gasteiger partial charge on any atom is 0.229 e. The number of aliphatic hydroxyl groups is 4. The molecule has 0 amide bonds. The van der Waals surface area contributed by atoms with E-state index in [0.717, 1.165) is 0 Å². The smallest absolute Gasteiger partial charge is 0.229 e. The van der Waals surface area contributed by atoms with E-state index in [0.29, 0.717) is 0 Å². The highest BCUT2D eigenvalue weighted by molar-refractivity contribution is 5.95. The molecule has 3 aromatic rings. The van der Waals surface area contributed by atoms with E-state index < -0.39 is 48.5 Å². The summed E-state index contributed by atoms with van der Waals surface area (Å²) in [7, 11) is 0. The zero-order valence-corrected chi connectivity index (χ0v) is 14.8. The van der Waals surface area contributed by atoms with Crippen molar-refractivity contribution in [2.75, 3.05) is 6.61 Å². The lowest BCUT2D eigenvalue weighted by Crippen LogP contribution is -2.60. The molecule has 0 aliphatic carbocycles. The zero-order valence-electron chi connectivity index (χ0n) is 14.8. The molecule has 4 rings (SSSR count). The molecule has 0 spiro atoms. The number of benzene rings is 2. The Bertz CT molecular complexity index is 1120. The Labute approximate surface area is 162 Å². The van der Waals surface area contributed by atoms with E-state index in [-0.39, 0.29) is 33.4 Å². The van der Waals surface area contributed by atoms with Gasteiger partial charge in [0.15, 0.2) is 11.3 Å². The van der Waals surface area contributed by atoms with Gasteiger partial charge in [0.2, 0.25) is 17.5 Å². The molecule has 1 aliphatic heterocycles. The third-order valence-electron chi connectivity index (χ3n) is 4.87. The molecule has 10 heteroatoms. The van der Waals surface area contributed by atoms with Crippen molar-refractivity contribution in [3.8, 4) is 17.2 Å². The third kappa shape index (κ3) is 3.07. The highest BCUT2D eigenvalue weighted by Gasteiger charge is 2.45. The Balaban J connectivity index is 1.76. The molecule has 2 heterocycles. The number of rotatable bonds is 3. The Morgan fingerprint density at radius 1 is 1.00 bits per heavy atom. The molecule has 2 aromatic carbocycles. The van der Waals surface area contributed by atoms with Crippen molar-refractivity contribution < 1.29 is 44.5 Å². The fraction of sp³-hybridized carbons (Fsp3) is 0.316. The predicted molar refractivity (Wildman–Crippen MR) is 97.7 cm³/mol. The quantitative estimate of drug-likeness (QED) is 0.313. The van der Waals surface area contributed by atoms with Gasteiger partial charge in [-0.05, 0) is 24.3 Å². The standard InChI is InChI=1S/C19H18O10/c20-6-11-14(23)16(25)17(26)19(29-11)28-10-5-4-7-13(22)12-8(21)2-1-3-9(12)27-18(7)15(10)24/h1-5,11,14,16-17,19-21,23-26H,6H2. The second-order valence-electron chi connectivity index (χ2n) is 6.69. The molecule has 10 nitrogen and oxygen atoms in total. The number of phenolic OH excluding ortho intramolecular Hbond substituents is 2. The van der Waals surface area contributed by atoms with Crippen LogP contribution in [0, 0.1) is 0 Å². The summed E-state index contributed by atoms with van der Waals surface area (Å²) in [5.41, 5.74) is -0.730. The Kier molecular flexibility index (Phi) is 4.81. The molecule has 0 bridgehead atoms. The first kappa shape index (κ1) is 19.4. The minimum atomic E-state index is -1.68. The van der Waals surface area contributed by atoms with Crippen LogP contribution in [0.3, 0.4) is 0 Å². The Morgan fingerprint density at radius 3 is 2.48 bits per heavy atom. The average Bonchev–Trinajstić information content (AvgIpc) is 2.70. The molecule has 1 saturated heterocycles. The summed E-state index contributed by atoms with van der Waals surface area (Å²) in [6, 6.07) is 6.77. The first-order valence-corrected chi connectivity index (χ1v) is 8.71. The van der Waals surface area contributed by atoms with Gasteiger partial charge >= 0.3 is 0 Å². The fourth-order valence-corrected chi connectivity index (χ4v) is 3.30. The summed E-state index contributed by atoms with van der Waals surface area (Å²) in [5, 5.41) is 59.4. The van der Waals surface area contributed by atoms with Crippen molar-refractivity contribution in [1.82, 2.24) is 0 Å². The molecule has 1 aromatic heterocycles. The third-order valence-corrected chi connectivity index (χ3v) is 4.87. The van der Waals surface area contributed by atoms with Crippen LogP contribution in [0.25, 0.3) is 21.9 Å². The number of hydrogen-bond donors (Lipinski definition) is 6. The van der Waals surface area contributed by atoms with Crippen molar-refractivity contribution in [3.63, 3.8) is 0 Å². The van der Waals surface area contributed by atoms with Crippen molar-refractivity contribution in [1.29, 1.82) is 0 Å². The number of aromatic hydroxyl groups is 2. The van der Waals surface area contributed by atoms with Gasteiger partial charge in [-0.1, -0.05) is 6.07 Å². The lowest BCUT2D eigenvalue weighted by molar-refractivity contribution is -0.277. The van der Waals surface area contributed by atoms with Gasteiger partial charge in [-0.2, -0.15) is 0 Å². The average molecular weight is 406 g/mol. The van der Waals surface area contributed by atoms with Crippen LogP contribution in [0.15, 0.2) is 39.5 Å². The molecule has 1 aliphatic rings. The summed E-state index contributed by atoms with van der Waals surface area (Å²) >= 11 is 0. The highest BCUT2D eigenvalue weighted by Crippen LogP contribution is 2.37. The molecule has 0 radical (unpaired) electrons. The van der Waals surface area contributed by atoms with E-state index in [1.807, 2.05) is 0 Å². The van der Waals surface area contributed by atoms with Gasteiger partial charge < -0.3 is 44.5 Å². The lowest BCUT2D eigenvalue weighted by atomic mass is 9.99. The van der Waals surface area contributed by atoms with Gasteiger partial charge in [-0.3, -0.25) is 4.79 Å². The lowest BCUT2D eigenvalue weighted by Gasteiger charge is -2.39. The normalized spacial score (nSPS) is 27.4. The summed E-state index contributed by atoms with van der Waals surface area (Å²) in [5.74, 6) is -1.06. The Morgan fingerprint density at radius 2 is 1.76 bits per heavy atom.